The van der Waals surface area contributed by atoms with Crippen molar-refractivity contribution >= 4 is 23.4 Å². The zero-order chi connectivity index (χ0) is 20.6. The number of amides is 3. The molecule has 1 saturated heterocycles. The summed E-state index contributed by atoms with van der Waals surface area (Å²) in [4.78, 5) is 41.5. The first-order chi connectivity index (χ1) is 13.1. The lowest BCUT2D eigenvalue weighted by molar-refractivity contribution is -0.123. The van der Waals surface area contributed by atoms with Crippen molar-refractivity contribution in [2.24, 2.45) is 0 Å². The summed E-state index contributed by atoms with van der Waals surface area (Å²) in [6.45, 7) is 7.38. The Balaban J connectivity index is 1.98. The summed E-state index contributed by atoms with van der Waals surface area (Å²) < 4.78 is 13.2. The van der Waals surface area contributed by atoms with Crippen molar-refractivity contribution in [1.82, 2.24) is 4.90 Å². The van der Waals surface area contributed by atoms with E-state index in [0.29, 0.717) is 11.3 Å². The molecule has 0 aliphatic carbocycles. The van der Waals surface area contributed by atoms with Crippen molar-refractivity contribution in [2.45, 2.75) is 45.7 Å². The fraction of sp³-hybridized carbons (Fsp3) is 0.318. The average molecular weight is 382 g/mol. The van der Waals surface area contributed by atoms with Gasteiger partial charge in [0.05, 0.1) is 12.1 Å². The molecule has 1 heterocycles. The van der Waals surface area contributed by atoms with Crippen LogP contribution in [0.15, 0.2) is 48.5 Å². The molecule has 3 amide bonds. The lowest BCUT2D eigenvalue weighted by atomic mass is 9.99. The number of imide groups is 1. The molecule has 6 heteroatoms. The number of anilines is 1. The second kappa shape index (κ2) is 7.19. The molecule has 1 unspecified atom stereocenters. The Morgan fingerprint density at radius 3 is 2.32 bits per heavy atom. The predicted molar refractivity (Wildman–Crippen MR) is 104 cm³/mol. The van der Waals surface area contributed by atoms with Gasteiger partial charge >= 0.3 is 0 Å². The third-order valence-electron chi connectivity index (χ3n) is 4.73. The highest BCUT2D eigenvalue weighted by Gasteiger charge is 2.47. The Morgan fingerprint density at radius 1 is 1.11 bits per heavy atom. The maximum Gasteiger partial charge on any atom is 0.257 e. The van der Waals surface area contributed by atoms with Crippen molar-refractivity contribution < 1.29 is 18.8 Å². The summed E-state index contributed by atoms with van der Waals surface area (Å²) in [7, 11) is 0. The molecule has 2 aromatic carbocycles. The summed E-state index contributed by atoms with van der Waals surface area (Å²) >= 11 is 0. The van der Waals surface area contributed by atoms with Crippen LogP contribution in [0.4, 0.5) is 10.1 Å². The topological polar surface area (TPSA) is 57.7 Å². The maximum atomic E-state index is 13.3. The lowest BCUT2D eigenvalue weighted by Gasteiger charge is -2.39. The van der Waals surface area contributed by atoms with Gasteiger partial charge in [0.25, 0.3) is 11.8 Å². The van der Waals surface area contributed by atoms with Crippen molar-refractivity contribution in [2.75, 3.05) is 4.90 Å². The Labute approximate surface area is 163 Å². The van der Waals surface area contributed by atoms with Crippen LogP contribution in [0.5, 0.6) is 0 Å². The molecule has 1 aliphatic rings. The van der Waals surface area contributed by atoms with E-state index in [4.69, 9.17) is 0 Å². The van der Waals surface area contributed by atoms with Crippen molar-refractivity contribution in [3.63, 3.8) is 0 Å². The zero-order valence-electron chi connectivity index (χ0n) is 16.4. The van der Waals surface area contributed by atoms with Crippen molar-refractivity contribution in [3.05, 3.63) is 65.5 Å². The molecule has 28 heavy (non-hydrogen) atoms. The lowest BCUT2D eigenvalue weighted by Crippen LogP contribution is -2.54. The molecule has 0 aromatic heterocycles. The van der Waals surface area contributed by atoms with Crippen LogP contribution in [0, 0.1) is 12.7 Å². The van der Waals surface area contributed by atoms with Crippen molar-refractivity contribution in [1.29, 1.82) is 0 Å². The highest BCUT2D eigenvalue weighted by atomic mass is 19.1. The monoisotopic (exact) mass is 382 g/mol. The fourth-order valence-electron chi connectivity index (χ4n) is 3.51. The van der Waals surface area contributed by atoms with Gasteiger partial charge in [0.2, 0.25) is 5.91 Å². The molecular weight excluding hydrogens is 359 g/mol. The smallest absolute Gasteiger partial charge is 0.257 e. The molecule has 0 bridgehead atoms. The molecule has 1 aliphatic heterocycles. The molecule has 1 fully saturated rings. The minimum absolute atomic E-state index is 0.106. The van der Waals surface area contributed by atoms with E-state index in [2.05, 4.69) is 0 Å². The van der Waals surface area contributed by atoms with Crippen LogP contribution in [-0.2, 0) is 9.59 Å². The molecule has 0 radical (unpaired) electrons. The number of halogens is 1. The van der Waals surface area contributed by atoms with Crippen LogP contribution in [0.3, 0.4) is 0 Å². The third-order valence-corrected chi connectivity index (χ3v) is 4.73. The Hall–Kier alpha value is -3.02. The molecule has 5 nitrogen and oxygen atoms in total. The van der Waals surface area contributed by atoms with Crippen LogP contribution in [-0.4, -0.2) is 34.2 Å². The second-order valence-corrected chi connectivity index (χ2v) is 7.98. The number of rotatable bonds is 3. The molecular formula is C22H23FN2O3. The van der Waals surface area contributed by atoms with Crippen LogP contribution in [0.2, 0.25) is 0 Å². The van der Waals surface area contributed by atoms with E-state index in [1.165, 1.54) is 29.2 Å². The Bertz CT molecular complexity index is 932. The number of carbonyl (C=O) groups excluding carboxylic acids is 3. The minimum atomic E-state index is -0.912. The van der Waals surface area contributed by atoms with E-state index in [1.807, 2.05) is 33.8 Å². The van der Waals surface area contributed by atoms with E-state index in [9.17, 15) is 18.8 Å². The molecule has 0 saturated carbocycles. The first-order valence-corrected chi connectivity index (χ1v) is 9.12. The Kier molecular flexibility index (Phi) is 5.06. The van der Waals surface area contributed by atoms with Crippen LogP contribution >= 0.6 is 0 Å². The van der Waals surface area contributed by atoms with Gasteiger partial charge in [-0.15, -0.1) is 0 Å². The summed E-state index contributed by atoms with van der Waals surface area (Å²) in [5, 5.41) is 0. The third kappa shape index (κ3) is 3.67. The highest BCUT2D eigenvalue weighted by molar-refractivity contribution is 6.23. The zero-order valence-corrected chi connectivity index (χ0v) is 16.4. The summed E-state index contributed by atoms with van der Waals surface area (Å²) in [6.07, 6.45) is -0.106. The first kappa shape index (κ1) is 19.7. The van der Waals surface area contributed by atoms with Gasteiger partial charge in [0, 0.05) is 11.1 Å². The van der Waals surface area contributed by atoms with Gasteiger partial charge in [-0.05, 0) is 64.1 Å². The molecule has 1 atom stereocenters. The normalized spacial score (nSPS) is 17.2. The number of hydrogen-bond donors (Lipinski definition) is 0. The van der Waals surface area contributed by atoms with Gasteiger partial charge in [0.15, 0.2) is 0 Å². The molecule has 146 valence electrons. The van der Waals surface area contributed by atoms with E-state index in [-0.39, 0.29) is 12.3 Å². The average Bonchev–Trinajstić information content (AvgIpc) is 2.89. The number of carbonyl (C=O) groups is 3. The standard InChI is InChI=1S/C22H23FN2O3/c1-14-6-5-7-15(12-14)20(27)25(22(2,3)4)18-13-19(26)24(21(18)28)17-10-8-16(23)9-11-17/h5-12,18H,13H2,1-4H3. The van der Waals surface area contributed by atoms with Crippen molar-refractivity contribution in [3.8, 4) is 0 Å². The Morgan fingerprint density at radius 2 is 1.75 bits per heavy atom. The predicted octanol–water partition coefficient (Wildman–Crippen LogP) is 3.71. The molecule has 0 spiro atoms. The summed E-state index contributed by atoms with van der Waals surface area (Å²) in [5.41, 5.74) is 1.02. The number of aryl methyl sites for hydroxylation is 1. The van der Waals surface area contributed by atoms with Gasteiger partial charge in [-0.1, -0.05) is 17.7 Å². The van der Waals surface area contributed by atoms with E-state index in [1.54, 1.807) is 18.2 Å². The second-order valence-electron chi connectivity index (χ2n) is 7.98. The van der Waals surface area contributed by atoms with Gasteiger partial charge in [-0.3, -0.25) is 14.4 Å². The van der Waals surface area contributed by atoms with Crippen LogP contribution in [0.25, 0.3) is 0 Å². The molecule has 2 aromatic rings. The van der Waals surface area contributed by atoms with Gasteiger partial charge < -0.3 is 4.90 Å². The number of nitrogens with zero attached hydrogens (tertiary/aromatic N) is 2. The maximum absolute atomic E-state index is 13.3. The van der Waals surface area contributed by atoms with E-state index >= 15 is 0 Å². The summed E-state index contributed by atoms with van der Waals surface area (Å²) in [5.74, 6) is -1.64. The van der Waals surface area contributed by atoms with E-state index in [0.717, 1.165) is 10.5 Å². The SMILES string of the molecule is Cc1cccc(C(=O)N(C2CC(=O)N(c3ccc(F)cc3)C2=O)C(C)(C)C)c1. The quantitative estimate of drug-likeness (QED) is 0.761. The van der Waals surface area contributed by atoms with Gasteiger partial charge in [0.1, 0.15) is 11.9 Å². The molecule has 0 N–H and O–H groups in total. The first-order valence-electron chi connectivity index (χ1n) is 9.12. The van der Waals surface area contributed by atoms with Crippen LogP contribution in [0.1, 0.15) is 43.1 Å². The minimum Gasteiger partial charge on any atom is -0.321 e. The highest BCUT2D eigenvalue weighted by Crippen LogP contribution is 2.31. The largest absolute Gasteiger partial charge is 0.321 e. The number of benzene rings is 2. The number of hydrogen-bond acceptors (Lipinski definition) is 3. The van der Waals surface area contributed by atoms with Crippen LogP contribution < -0.4 is 4.90 Å². The molecule has 3 rings (SSSR count). The van der Waals surface area contributed by atoms with Gasteiger partial charge in [-0.2, -0.15) is 0 Å². The summed E-state index contributed by atoms with van der Waals surface area (Å²) in [6, 6.07) is 11.4. The fourth-order valence-corrected chi connectivity index (χ4v) is 3.51. The van der Waals surface area contributed by atoms with Gasteiger partial charge in [-0.25, -0.2) is 9.29 Å². The van der Waals surface area contributed by atoms with E-state index < -0.39 is 29.2 Å².